The van der Waals surface area contributed by atoms with Gasteiger partial charge in [0.25, 0.3) is 0 Å². The Morgan fingerprint density at radius 1 is 1.67 bits per heavy atom. The van der Waals surface area contributed by atoms with E-state index in [2.05, 4.69) is 6.92 Å². The molecule has 0 saturated carbocycles. The van der Waals surface area contributed by atoms with Crippen LogP contribution in [0, 0.1) is 0 Å². The van der Waals surface area contributed by atoms with Crippen LogP contribution in [-0.4, -0.2) is 9.76 Å². The number of unbranched alkanes of at least 4 members (excludes halogenated alkanes) is 1. The fourth-order valence-corrected chi connectivity index (χ4v) is 1.06. The minimum absolute atomic E-state index is 0.847. The zero-order chi connectivity index (χ0) is 4.83. The molecule has 0 amide bonds. The average molecular weight is 103 g/mol. The van der Waals surface area contributed by atoms with Crippen LogP contribution in [0.1, 0.15) is 19.8 Å². The molecule has 0 N–H and O–H groups in total. The second-order valence-corrected chi connectivity index (χ2v) is 2.53. The van der Waals surface area contributed by atoms with Crippen molar-refractivity contribution in [3.63, 3.8) is 0 Å². The van der Waals surface area contributed by atoms with Crippen LogP contribution in [0.2, 0.25) is 6.04 Å². The highest BCUT2D eigenvalue weighted by molar-refractivity contribution is 6.24. The fraction of sp³-hybridized carbons (Fsp3) is 1.00. The first-order valence-electron chi connectivity index (χ1n) is 2.50. The number of hydrogen-bond acceptors (Lipinski definition) is 0. The van der Waals surface area contributed by atoms with Gasteiger partial charge in [0.15, 0.2) is 0 Å². The van der Waals surface area contributed by atoms with Crippen LogP contribution in [0.25, 0.3) is 0 Å². The SMILES string of the molecule is CCCC[SiH2][O]. The van der Waals surface area contributed by atoms with Crippen molar-refractivity contribution in [2.24, 2.45) is 0 Å². The van der Waals surface area contributed by atoms with Gasteiger partial charge >= 0.3 is 0 Å². The van der Waals surface area contributed by atoms with E-state index in [-0.39, 0.29) is 0 Å². The average Bonchev–Trinajstić information content (AvgIpc) is 1.61. The van der Waals surface area contributed by atoms with Crippen molar-refractivity contribution in [3.05, 3.63) is 0 Å². The maximum atomic E-state index is 9.83. The molecule has 0 atom stereocenters. The molecule has 37 valence electrons. The lowest BCUT2D eigenvalue weighted by Crippen LogP contribution is -1.80. The van der Waals surface area contributed by atoms with Gasteiger partial charge in [-0.25, -0.2) is 0 Å². The monoisotopic (exact) mass is 103 g/mol. The smallest absolute Gasteiger partial charge is 0.207 e. The van der Waals surface area contributed by atoms with Crippen LogP contribution in [0.5, 0.6) is 0 Å². The molecule has 1 nitrogen and oxygen atoms in total. The Morgan fingerprint density at radius 3 is 2.50 bits per heavy atom. The van der Waals surface area contributed by atoms with Crippen molar-refractivity contribution in [2.45, 2.75) is 25.8 Å². The van der Waals surface area contributed by atoms with E-state index < -0.39 is 9.76 Å². The lowest BCUT2D eigenvalue weighted by Gasteiger charge is -1.83. The van der Waals surface area contributed by atoms with Gasteiger partial charge in [-0.2, -0.15) is 0 Å². The van der Waals surface area contributed by atoms with Gasteiger partial charge in [-0.05, 0) is 6.04 Å². The Labute approximate surface area is 41.3 Å². The van der Waals surface area contributed by atoms with Crippen molar-refractivity contribution >= 4 is 9.76 Å². The standard InChI is InChI=1S/C4H11OSi/c1-2-3-4-6-5/h2-4,6H2,1H3. The molecule has 0 rings (SSSR count). The molecular weight excluding hydrogens is 92.1 g/mol. The fourth-order valence-electron chi connectivity index (χ4n) is 0.352. The summed E-state index contributed by atoms with van der Waals surface area (Å²) in [7, 11) is -0.847. The summed E-state index contributed by atoms with van der Waals surface area (Å²) >= 11 is 0. The van der Waals surface area contributed by atoms with Crippen LogP contribution in [0.15, 0.2) is 0 Å². The maximum Gasteiger partial charge on any atom is 0.207 e. The van der Waals surface area contributed by atoms with Crippen molar-refractivity contribution in [1.82, 2.24) is 0 Å². The zero-order valence-electron chi connectivity index (χ0n) is 4.24. The van der Waals surface area contributed by atoms with Crippen LogP contribution in [0.4, 0.5) is 0 Å². The van der Waals surface area contributed by atoms with E-state index in [0.717, 1.165) is 12.5 Å². The molecule has 0 saturated heterocycles. The summed E-state index contributed by atoms with van der Waals surface area (Å²) in [5, 5.41) is 0. The molecule has 0 aromatic heterocycles. The molecule has 0 unspecified atom stereocenters. The molecule has 0 aliphatic carbocycles. The van der Waals surface area contributed by atoms with Gasteiger partial charge in [-0.3, -0.25) is 0 Å². The molecule has 0 bridgehead atoms. The predicted molar refractivity (Wildman–Crippen MR) is 28.9 cm³/mol. The Kier molecular flexibility index (Phi) is 5.33. The van der Waals surface area contributed by atoms with Gasteiger partial charge in [-0.15, -0.1) is 0 Å². The summed E-state index contributed by atoms with van der Waals surface area (Å²) in [6.07, 6.45) is 2.35. The first-order chi connectivity index (χ1) is 2.91. The summed E-state index contributed by atoms with van der Waals surface area (Å²) < 4.78 is 0. The molecule has 2 heteroatoms. The van der Waals surface area contributed by atoms with Gasteiger partial charge in [-0.1, -0.05) is 19.8 Å². The quantitative estimate of drug-likeness (QED) is 0.370. The third-order valence-electron chi connectivity index (χ3n) is 0.748. The second kappa shape index (κ2) is 5.18. The molecule has 0 aliphatic rings. The Bertz CT molecular complexity index is 19.5. The Balaban J connectivity index is 2.34. The number of rotatable bonds is 3. The van der Waals surface area contributed by atoms with Crippen LogP contribution >= 0.6 is 0 Å². The molecule has 0 heterocycles. The molecule has 0 spiro atoms. The summed E-state index contributed by atoms with van der Waals surface area (Å²) in [5.41, 5.74) is 0. The van der Waals surface area contributed by atoms with Gasteiger partial charge < -0.3 is 4.80 Å². The molecule has 0 fully saturated rings. The van der Waals surface area contributed by atoms with Crippen molar-refractivity contribution < 1.29 is 4.80 Å². The first-order valence-corrected chi connectivity index (χ1v) is 4.07. The maximum absolute atomic E-state index is 9.83. The normalized spacial score (nSPS) is 11.0. The van der Waals surface area contributed by atoms with Gasteiger partial charge in [0.05, 0.1) is 0 Å². The highest BCUT2D eigenvalue weighted by Gasteiger charge is 1.79. The van der Waals surface area contributed by atoms with Crippen LogP contribution in [-0.2, 0) is 4.80 Å². The summed E-state index contributed by atoms with van der Waals surface area (Å²) in [6, 6.07) is 0.997. The molecule has 6 heavy (non-hydrogen) atoms. The third kappa shape index (κ3) is 4.18. The van der Waals surface area contributed by atoms with Crippen molar-refractivity contribution in [3.8, 4) is 0 Å². The first kappa shape index (κ1) is 6.18. The van der Waals surface area contributed by atoms with E-state index in [1.165, 1.54) is 6.42 Å². The molecule has 1 radical (unpaired) electrons. The molecular formula is C4H11OSi. The van der Waals surface area contributed by atoms with Crippen LogP contribution in [0.3, 0.4) is 0 Å². The van der Waals surface area contributed by atoms with E-state index >= 15 is 0 Å². The van der Waals surface area contributed by atoms with E-state index in [9.17, 15) is 4.80 Å². The summed E-state index contributed by atoms with van der Waals surface area (Å²) in [5.74, 6) is 0. The lowest BCUT2D eigenvalue weighted by molar-refractivity contribution is 0.470. The van der Waals surface area contributed by atoms with Gasteiger partial charge in [0.2, 0.25) is 9.76 Å². The Hall–Kier alpha value is 0.177. The van der Waals surface area contributed by atoms with Crippen molar-refractivity contribution in [1.29, 1.82) is 0 Å². The highest BCUT2D eigenvalue weighted by Crippen LogP contribution is 1.89. The van der Waals surface area contributed by atoms with Gasteiger partial charge in [0, 0.05) is 0 Å². The van der Waals surface area contributed by atoms with Gasteiger partial charge in [0.1, 0.15) is 0 Å². The third-order valence-corrected chi connectivity index (χ3v) is 1.54. The minimum atomic E-state index is -0.847. The number of hydrogen-bond donors (Lipinski definition) is 0. The molecule has 0 aromatic rings. The summed E-state index contributed by atoms with van der Waals surface area (Å²) in [4.78, 5) is 9.83. The summed E-state index contributed by atoms with van der Waals surface area (Å²) in [6.45, 7) is 2.12. The molecule has 0 aromatic carbocycles. The second-order valence-electron chi connectivity index (χ2n) is 1.41. The highest BCUT2D eigenvalue weighted by atomic mass is 28.2. The van der Waals surface area contributed by atoms with Crippen molar-refractivity contribution in [2.75, 3.05) is 0 Å². The predicted octanol–water partition coefficient (Wildman–Crippen LogP) is 0.719. The Morgan fingerprint density at radius 2 is 2.33 bits per heavy atom. The lowest BCUT2D eigenvalue weighted by atomic mass is 10.4. The zero-order valence-corrected chi connectivity index (χ0v) is 5.65. The topological polar surface area (TPSA) is 19.9 Å². The largest absolute Gasteiger partial charge is 0.306 e. The van der Waals surface area contributed by atoms with E-state index in [4.69, 9.17) is 0 Å². The van der Waals surface area contributed by atoms with Crippen LogP contribution < -0.4 is 0 Å². The molecule has 0 aliphatic heterocycles. The minimum Gasteiger partial charge on any atom is -0.306 e. The van der Waals surface area contributed by atoms with E-state index in [1.807, 2.05) is 0 Å². The van der Waals surface area contributed by atoms with E-state index in [1.54, 1.807) is 0 Å². The van der Waals surface area contributed by atoms with E-state index in [0.29, 0.717) is 0 Å².